The summed E-state index contributed by atoms with van der Waals surface area (Å²) in [6, 6.07) is 4.04. The average molecular weight is 271 g/mol. The van der Waals surface area contributed by atoms with Gasteiger partial charge in [0.1, 0.15) is 5.82 Å². The van der Waals surface area contributed by atoms with E-state index in [9.17, 15) is 12.8 Å². The highest BCUT2D eigenvalue weighted by Gasteiger charge is 2.32. The first kappa shape index (κ1) is 13.5. The van der Waals surface area contributed by atoms with Crippen molar-refractivity contribution in [3.63, 3.8) is 0 Å². The van der Waals surface area contributed by atoms with Crippen LogP contribution in [0, 0.1) is 5.82 Å². The fraction of sp³-hybridized carbons (Fsp3) is 0.538. The predicted octanol–water partition coefficient (Wildman–Crippen LogP) is 2.35. The molecule has 2 N–H and O–H groups in total. The molecule has 5 heteroatoms. The highest BCUT2D eigenvalue weighted by molar-refractivity contribution is 7.90. The number of nitrogens with two attached hydrogens (primary N) is 1. The smallest absolute Gasteiger partial charge is 0.175 e. The minimum Gasteiger partial charge on any atom is -0.321 e. The molecule has 0 aromatic heterocycles. The fourth-order valence-corrected chi connectivity index (χ4v) is 3.22. The average Bonchev–Trinajstić information content (AvgIpc) is 2.28. The van der Waals surface area contributed by atoms with E-state index in [1.54, 1.807) is 0 Å². The van der Waals surface area contributed by atoms with Crippen LogP contribution in [0.15, 0.2) is 23.1 Å². The predicted molar refractivity (Wildman–Crippen MR) is 68.5 cm³/mol. The molecule has 1 aromatic carbocycles. The van der Waals surface area contributed by atoms with E-state index in [-0.39, 0.29) is 4.90 Å². The van der Waals surface area contributed by atoms with Crippen LogP contribution < -0.4 is 5.73 Å². The Bertz CT molecular complexity index is 548. The molecule has 0 unspecified atom stereocenters. The molecule has 0 amide bonds. The van der Waals surface area contributed by atoms with Crippen molar-refractivity contribution in [1.82, 2.24) is 0 Å². The van der Waals surface area contributed by atoms with Crippen molar-refractivity contribution in [2.45, 2.75) is 42.5 Å². The summed E-state index contributed by atoms with van der Waals surface area (Å²) in [5, 5.41) is 0. The van der Waals surface area contributed by atoms with Gasteiger partial charge in [-0.2, -0.15) is 0 Å². The van der Waals surface area contributed by atoms with Crippen molar-refractivity contribution < 1.29 is 12.8 Å². The summed E-state index contributed by atoms with van der Waals surface area (Å²) in [4.78, 5) is 0.00293. The zero-order valence-corrected chi connectivity index (χ0v) is 11.3. The Morgan fingerprint density at radius 2 is 1.83 bits per heavy atom. The summed E-state index contributed by atoms with van der Waals surface area (Å²) < 4.78 is 36.8. The summed E-state index contributed by atoms with van der Waals surface area (Å²) in [6.07, 6.45) is 5.68. The van der Waals surface area contributed by atoms with Gasteiger partial charge in [0.15, 0.2) is 9.84 Å². The molecule has 0 spiro atoms. The number of rotatable bonds is 2. The van der Waals surface area contributed by atoms with Crippen molar-refractivity contribution >= 4 is 9.84 Å². The summed E-state index contributed by atoms with van der Waals surface area (Å²) in [5.41, 5.74) is 6.05. The topological polar surface area (TPSA) is 60.2 Å². The van der Waals surface area contributed by atoms with E-state index >= 15 is 0 Å². The quantitative estimate of drug-likeness (QED) is 0.898. The van der Waals surface area contributed by atoms with Crippen LogP contribution in [0.25, 0.3) is 0 Å². The Labute approximate surface area is 107 Å². The molecule has 100 valence electrons. The molecule has 0 bridgehead atoms. The number of benzene rings is 1. The normalized spacial score (nSPS) is 19.7. The van der Waals surface area contributed by atoms with Gasteiger partial charge in [0, 0.05) is 17.4 Å². The second kappa shape index (κ2) is 4.63. The van der Waals surface area contributed by atoms with Crippen LogP contribution >= 0.6 is 0 Å². The molecule has 1 aromatic rings. The summed E-state index contributed by atoms with van der Waals surface area (Å²) >= 11 is 0. The van der Waals surface area contributed by atoms with E-state index in [0.717, 1.165) is 44.4 Å². The van der Waals surface area contributed by atoms with Gasteiger partial charge in [0.05, 0.1) is 4.90 Å². The molecule has 2 rings (SSSR count). The van der Waals surface area contributed by atoms with Crippen molar-refractivity contribution in [3.05, 3.63) is 29.6 Å². The summed E-state index contributed by atoms with van der Waals surface area (Å²) in [7, 11) is -3.37. The van der Waals surface area contributed by atoms with Gasteiger partial charge in [-0.1, -0.05) is 25.3 Å². The molecule has 0 atom stereocenters. The second-order valence-corrected chi connectivity index (χ2v) is 7.15. The highest BCUT2D eigenvalue weighted by atomic mass is 32.2. The van der Waals surface area contributed by atoms with E-state index < -0.39 is 21.2 Å². The lowest BCUT2D eigenvalue weighted by atomic mass is 9.77. The fourth-order valence-electron chi connectivity index (χ4n) is 2.58. The largest absolute Gasteiger partial charge is 0.321 e. The molecule has 0 heterocycles. The van der Waals surface area contributed by atoms with E-state index in [0.29, 0.717) is 5.56 Å². The SMILES string of the molecule is CS(=O)(=O)c1ccc(C2(N)CCCCC2)c(F)c1. The first-order valence-electron chi connectivity index (χ1n) is 6.12. The van der Waals surface area contributed by atoms with Gasteiger partial charge >= 0.3 is 0 Å². The molecule has 0 radical (unpaired) electrons. The Kier molecular flexibility index (Phi) is 3.47. The summed E-state index contributed by atoms with van der Waals surface area (Å²) in [5.74, 6) is -0.512. The van der Waals surface area contributed by atoms with Crippen LogP contribution in [0.1, 0.15) is 37.7 Å². The third-order valence-electron chi connectivity index (χ3n) is 3.65. The van der Waals surface area contributed by atoms with Crippen LogP contribution in [-0.4, -0.2) is 14.7 Å². The van der Waals surface area contributed by atoms with E-state index in [4.69, 9.17) is 5.73 Å². The van der Waals surface area contributed by atoms with Crippen molar-refractivity contribution in [1.29, 1.82) is 0 Å². The molecular weight excluding hydrogens is 253 g/mol. The molecule has 1 saturated carbocycles. The van der Waals surface area contributed by atoms with Crippen LogP contribution in [0.4, 0.5) is 4.39 Å². The van der Waals surface area contributed by atoms with Crippen LogP contribution in [0.5, 0.6) is 0 Å². The Morgan fingerprint density at radius 3 is 2.33 bits per heavy atom. The molecule has 1 aliphatic rings. The maximum atomic E-state index is 14.1. The Balaban J connectivity index is 2.41. The van der Waals surface area contributed by atoms with Crippen LogP contribution in [0.2, 0.25) is 0 Å². The third-order valence-corrected chi connectivity index (χ3v) is 4.76. The zero-order chi connectivity index (χ0) is 13.4. The molecular formula is C13H18FNO2S. The molecule has 0 aliphatic heterocycles. The van der Waals surface area contributed by atoms with Crippen molar-refractivity contribution in [3.8, 4) is 0 Å². The van der Waals surface area contributed by atoms with E-state index in [1.165, 1.54) is 12.1 Å². The first-order chi connectivity index (χ1) is 8.33. The highest BCUT2D eigenvalue weighted by Crippen LogP contribution is 2.36. The minimum atomic E-state index is -3.37. The number of halogens is 1. The first-order valence-corrected chi connectivity index (χ1v) is 8.01. The maximum Gasteiger partial charge on any atom is 0.175 e. The lowest BCUT2D eigenvalue weighted by Crippen LogP contribution is -2.39. The van der Waals surface area contributed by atoms with Gasteiger partial charge in [-0.15, -0.1) is 0 Å². The van der Waals surface area contributed by atoms with Crippen molar-refractivity contribution in [2.75, 3.05) is 6.26 Å². The van der Waals surface area contributed by atoms with Gasteiger partial charge in [-0.25, -0.2) is 12.8 Å². The lowest BCUT2D eigenvalue weighted by Gasteiger charge is -2.34. The van der Waals surface area contributed by atoms with Crippen molar-refractivity contribution in [2.24, 2.45) is 5.73 Å². The van der Waals surface area contributed by atoms with Gasteiger partial charge in [0.2, 0.25) is 0 Å². The van der Waals surface area contributed by atoms with Crippen LogP contribution in [-0.2, 0) is 15.4 Å². The Morgan fingerprint density at radius 1 is 1.22 bits per heavy atom. The molecule has 1 aliphatic carbocycles. The second-order valence-electron chi connectivity index (χ2n) is 5.13. The van der Waals surface area contributed by atoms with Gasteiger partial charge in [-0.3, -0.25) is 0 Å². The molecule has 3 nitrogen and oxygen atoms in total. The van der Waals surface area contributed by atoms with E-state index in [1.807, 2.05) is 0 Å². The number of sulfone groups is 1. The Hall–Kier alpha value is -0.940. The van der Waals surface area contributed by atoms with Gasteiger partial charge in [-0.05, 0) is 25.0 Å². The standard InChI is InChI=1S/C13H18FNO2S/c1-18(16,17)10-5-6-11(12(14)9-10)13(15)7-3-2-4-8-13/h5-6,9H,2-4,7-8,15H2,1H3. The minimum absolute atomic E-state index is 0.00293. The third kappa shape index (κ3) is 2.57. The monoisotopic (exact) mass is 271 g/mol. The zero-order valence-electron chi connectivity index (χ0n) is 10.4. The van der Waals surface area contributed by atoms with Crippen LogP contribution in [0.3, 0.4) is 0 Å². The van der Waals surface area contributed by atoms with Gasteiger partial charge < -0.3 is 5.73 Å². The number of hydrogen-bond acceptors (Lipinski definition) is 3. The molecule has 1 fully saturated rings. The lowest BCUT2D eigenvalue weighted by molar-refractivity contribution is 0.292. The maximum absolute atomic E-state index is 14.1. The molecule has 0 saturated heterocycles. The number of hydrogen-bond donors (Lipinski definition) is 1. The van der Waals surface area contributed by atoms with Gasteiger partial charge in [0.25, 0.3) is 0 Å². The summed E-state index contributed by atoms with van der Waals surface area (Å²) in [6.45, 7) is 0. The van der Waals surface area contributed by atoms with E-state index in [2.05, 4.69) is 0 Å². The molecule has 18 heavy (non-hydrogen) atoms.